The topological polar surface area (TPSA) is 66.5 Å². The van der Waals surface area contributed by atoms with Crippen LogP contribution in [0.4, 0.5) is 10.8 Å². The number of nitrogens with one attached hydrogen (secondary N) is 2. The highest BCUT2D eigenvalue weighted by Crippen LogP contribution is 2.34. The van der Waals surface area contributed by atoms with Crippen molar-refractivity contribution in [3.05, 3.63) is 70.7 Å². The molecule has 2 N–H and O–H groups in total. The van der Waals surface area contributed by atoms with Gasteiger partial charge in [-0.25, -0.2) is 4.98 Å². The van der Waals surface area contributed by atoms with Crippen molar-refractivity contribution in [2.24, 2.45) is 0 Å². The second-order valence-electron chi connectivity index (χ2n) is 8.64. The predicted molar refractivity (Wildman–Crippen MR) is 131 cm³/mol. The zero-order valence-corrected chi connectivity index (χ0v) is 19.8. The molecule has 2 aromatic carbocycles. The Balaban J connectivity index is 1.44. The summed E-state index contributed by atoms with van der Waals surface area (Å²) < 4.78 is 5.26. The van der Waals surface area contributed by atoms with Gasteiger partial charge in [-0.05, 0) is 48.9 Å². The first-order valence-electron chi connectivity index (χ1n) is 10.9. The van der Waals surface area contributed by atoms with Gasteiger partial charge in [-0.1, -0.05) is 26.0 Å². The van der Waals surface area contributed by atoms with Crippen LogP contribution in [0.5, 0.6) is 5.75 Å². The molecule has 1 fully saturated rings. The maximum atomic E-state index is 12.8. The molecule has 1 aliphatic rings. The fourth-order valence-electron chi connectivity index (χ4n) is 3.97. The Labute approximate surface area is 193 Å². The number of anilines is 2. The van der Waals surface area contributed by atoms with E-state index >= 15 is 0 Å². The second-order valence-corrected chi connectivity index (χ2v) is 9.50. The predicted octanol–water partition coefficient (Wildman–Crippen LogP) is 4.53. The number of hydrogen-bond donors (Lipinski definition) is 2. The Morgan fingerprint density at radius 1 is 1.19 bits per heavy atom. The van der Waals surface area contributed by atoms with E-state index in [9.17, 15) is 4.79 Å². The monoisotopic (exact) mass is 450 g/mol. The fourth-order valence-corrected chi connectivity index (χ4v) is 4.85. The number of ether oxygens (including phenoxy) is 1. The molecule has 3 aromatic rings. The van der Waals surface area contributed by atoms with Gasteiger partial charge in [0, 0.05) is 47.7 Å². The molecule has 0 aliphatic carbocycles. The van der Waals surface area contributed by atoms with Crippen molar-refractivity contribution in [1.29, 1.82) is 0 Å². The Morgan fingerprint density at radius 3 is 2.56 bits per heavy atom. The van der Waals surface area contributed by atoms with E-state index in [0.29, 0.717) is 16.7 Å². The molecule has 1 amide bonds. The van der Waals surface area contributed by atoms with Crippen molar-refractivity contribution in [3.8, 4) is 5.75 Å². The Morgan fingerprint density at radius 2 is 1.91 bits per heavy atom. The molecule has 1 atom stereocenters. The van der Waals surface area contributed by atoms with Crippen LogP contribution in [0, 0.1) is 0 Å². The molecule has 1 aromatic heterocycles. The van der Waals surface area contributed by atoms with E-state index in [1.807, 2.05) is 41.8 Å². The first-order valence-corrected chi connectivity index (χ1v) is 11.8. The number of methoxy groups -OCH3 is 1. The standard InChI is InChI=1S/C25H30N4O2S/c1-17-15-26-13-14-29(17)20-9-5-18(6-10-20)23(30)28-24-27-22(16-32-24)25(2,3)19-7-11-21(31-4)12-8-19/h5-12,16-17,26H,13-15H2,1-4H3,(H,27,28,30). The van der Waals surface area contributed by atoms with Crippen LogP contribution < -0.4 is 20.3 Å². The molecule has 4 rings (SSSR count). The molecular weight excluding hydrogens is 420 g/mol. The van der Waals surface area contributed by atoms with Crippen LogP contribution in [0.2, 0.25) is 0 Å². The highest BCUT2D eigenvalue weighted by atomic mass is 32.1. The summed E-state index contributed by atoms with van der Waals surface area (Å²) in [6.07, 6.45) is 0. The number of hydrogen-bond acceptors (Lipinski definition) is 6. The molecule has 1 aliphatic heterocycles. The Hall–Kier alpha value is -2.90. The van der Waals surface area contributed by atoms with Gasteiger partial charge in [0.2, 0.25) is 0 Å². The zero-order valence-electron chi connectivity index (χ0n) is 19.0. The van der Waals surface area contributed by atoms with Gasteiger partial charge in [0.15, 0.2) is 5.13 Å². The number of carbonyl (C=O) groups is 1. The molecule has 1 saturated heterocycles. The third kappa shape index (κ3) is 4.64. The minimum atomic E-state index is -0.284. The van der Waals surface area contributed by atoms with Gasteiger partial charge >= 0.3 is 0 Å². The van der Waals surface area contributed by atoms with E-state index < -0.39 is 0 Å². The summed E-state index contributed by atoms with van der Waals surface area (Å²) in [5.74, 6) is 0.682. The maximum absolute atomic E-state index is 12.8. The van der Waals surface area contributed by atoms with Crippen molar-refractivity contribution >= 4 is 28.1 Å². The van der Waals surface area contributed by atoms with Crippen molar-refractivity contribution in [1.82, 2.24) is 10.3 Å². The van der Waals surface area contributed by atoms with Crippen LogP contribution in [-0.4, -0.2) is 43.7 Å². The van der Waals surface area contributed by atoms with Crippen LogP contribution in [0.25, 0.3) is 0 Å². The third-order valence-corrected chi connectivity index (χ3v) is 6.90. The maximum Gasteiger partial charge on any atom is 0.257 e. The first-order chi connectivity index (χ1) is 15.4. The first kappa shape index (κ1) is 22.3. The van der Waals surface area contributed by atoms with Gasteiger partial charge in [-0.2, -0.15) is 0 Å². The van der Waals surface area contributed by atoms with Crippen molar-refractivity contribution in [2.45, 2.75) is 32.2 Å². The van der Waals surface area contributed by atoms with E-state index in [0.717, 1.165) is 42.3 Å². The average Bonchev–Trinajstić information content (AvgIpc) is 3.29. The largest absolute Gasteiger partial charge is 0.497 e. The molecule has 2 heterocycles. The summed E-state index contributed by atoms with van der Waals surface area (Å²) in [5, 5.41) is 8.97. The van der Waals surface area contributed by atoms with E-state index in [1.54, 1.807) is 7.11 Å². The number of thiazole rings is 1. The summed E-state index contributed by atoms with van der Waals surface area (Å²) in [4.78, 5) is 19.9. The molecule has 0 radical (unpaired) electrons. The van der Waals surface area contributed by atoms with E-state index in [2.05, 4.69) is 48.4 Å². The van der Waals surface area contributed by atoms with Gasteiger partial charge in [-0.15, -0.1) is 11.3 Å². The van der Waals surface area contributed by atoms with Crippen molar-refractivity contribution in [3.63, 3.8) is 0 Å². The summed E-state index contributed by atoms with van der Waals surface area (Å²) in [6.45, 7) is 9.39. The van der Waals surface area contributed by atoms with E-state index in [4.69, 9.17) is 9.72 Å². The fraction of sp³-hybridized carbons (Fsp3) is 0.360. The van der Waals surface area contributed by atoms with Gasteiger partial charge in [-0.3, -0.25) is 10.1 Å². The molecule has 0 saturated carbocycles. The molecule has 7 heteroatoms. The van der Waals surface area contributed by atoms with Crippen LogP contribution >= 0.6 is 11.3 Å². The normalized spacial score (nSPS) is 16.6. The second kappa shape index (κ2) is 9.30. The summed E-state index contributed by atoms with van der Waals surface area (Å²) in [5.41, 5.74) is 3.55. The Kier molecular flexibility index (Phi) is 6.48. The van der Waals surface area contributed by atoms with E-state index in [1.165, 1.54) is 11.3 Å². The lowest BCUT2D eigenvalue weighted by Crippen LogP contribution is -2.49. The molecule has 6 nitrogen and oxygen atoms in total. The summed E-state index contributed by atoms with van der Waals surface area (Å²) in [6, 6.07) is 16.3. The number of benzene rings is 2. The summed E-state index contributed by atoms with van der Waals surface area (Å²) >= 11 is 1.44. The number of piperazine rings is 1. The number of amides is 1. The van der Waals surface area contributed by atoms with Crippen molar-refractivity contribution in [2.75, 3.05) is 37.0 Å². The molecule has 0 spiro atoms. The molecule has 0 bridgehead atoms. The van der Waals surface area contributed by atoms with Crippen LogP contribution in [0.15, 0.2) is 53.9 Å². The zero-order chi connectivity index (χ0) is 22.7. The van der Waals surface area contributed by atoms with Gasteiger partial charge in [0.25, 0.3) is 5.91 Å². The van der Waals surface area contributed by atoms with Crippen LogP contribution in [0.3, 0.4) is 0 Å². The SMILES string of the molecule is COc1ccc(C(C)(C)c2csc(NC(=O)c3ccc(N4CCNCC4C)cc3)n2)cc1. The lowest BCUT2D eigenvalue weighted by atomic mass is 9.82. The van der Waals surface area contributed by atoms with Gasteiger partial charge in [0.05, 0.1) is 12.8 Å². The molecule has 32 heavy (non-hydrogen) atoms. The average molecular weight is 451 g/mol. The molecule has 1 unspecified atom stereocenters. The minimum Gasteiger partial charge on any atom is -0.497 e. The third-order valence-electron chi connectivity index (χ3n) is 6.14. The van der Waals surface area contributed by atoms with Crippen LogP contribution in [-0.2, 0) is 5.41 Å². The van der Waals surface area contributed by atoms with Gasteiger partial charge in [0.1, 0.15) is 5.75 Å². The van der Waals surface area contributed by atoms with Gasteiger partial charge < -0.3 is 15.0 Å². The van der Waals surface area contributed by atoms with Crippen LogP contribution in [0.1, 0.15) is 42.4 Å². The quantitative estimate of drug-likeness (QED) is 0.578. The minimum absolute atomic E-state index is 0.145. The number of nitrogens with zero attached hydrogens (tertiary/aromatic N) is 2. The Bertz CT molecular complexity index is 1060. The number of carbonyl (C=O) groups excluding carboxylic acids is 1. The van der Waals surface area contributed by atoms with Crippen molar-refractivity contribution < 1.29 is 9.53 Å². The highest BCUT2D eigenvalue weighted by molar-refractivity contribution is 7.14. The molecule has 168 valence electrons. The number of rotatable bonds is 6. The molecular formula is C25H30N4O2S. The lowest BCUT2D eigenvalue weighted by Gasteiger charge is -2.35. The number of aromatic nitrogens is 1. The lowest BCUT2D eigenvalue weighted by molar-refractivity contribution is 0.102. The smallest absolute Gasteiger partial charge is 0.257 e. The summed E-state index contributed by atoms with van der Waals surface area (Å²) in [7, 11) is 1.66. The highest BCUT2D eigenvalue weighted by Gasteiger charge is 2.26. The van der Waals surface area contributed by atoms with E-state index in [-0.39, 0.29) is 11.3 Å².